The molecule has 1 aliphatic rings. The van der Waals surface area contributed by atoms with Gasteiger partial charge in [0.25, 0.3) is 0 Å². The Bertz CT molecular complexity index is 364. The molecule has 1 amide bonds. The fraction of sp³-hybridized carbons (Fsp3) is 0.846. The molecule has 19 heavy (non-hydrogen) atoms. The van der Waals surface area contributed by atoms with Crippen LogP contribution < -0.4 is 5.73 Å². The molecule has 0 aliphatic carbocycles. The van der Waals surface area contributed by atoms with Gasteiger partial charge in [0, 0.05) is 19.1 Å². The lowest BCUT2D eigenvalue weighted by Gasteiger charge is -2.43. The Morgan fingerprint density at radius 2 is 2.05 bits per heavy atom. The number of piperidine rings is 1. The summed E-state index contributed by atoms with van der Waals surface area (Å²) in [6, 6.07) is -0.436. The maximum Gasteiger partial charge on any atom is 0.410 e. The highest BCUT2D eigenvalue weighted by atomic mass is 16.6. The molecule has 1 fully saturated rings. The number of likely N-dealkylation sites (tertiary alicyclic amines) is 1. The van der Waals surface area contributed by atoms with Gasteiger partial charge in [-0.1, -0.05) is 6.92 Å². The molecule has 3 N–H and O–H groups in total. The number of nitrogens with zero attached hydrogens (tertiary/aromatic N) is 1. The molecule has 0 saturated carbocycles. The summed E-state index contributed by atoms with van der Waals surface area (Å²) in [4.78, 5) is 25.0. The van der Waals surface area contributed by atoms with Crippen LogP contribution in [0.15, 0.2) is 0 Å². The molecular weight excluding hydrogens is 248 g/mol. The first-order chi connectivity index (χ1) is 8.62. The predicted octanol–water partition coefficient (Wildman–Crippen LogP) is 1.44. The van der Waals surface area contributed by atoms with Crippen molar-refractivity contribution in [3.63, 3.8) is 0 Å². The van der Waals surface area contributed by atoms with E-state index in [0.717, 1.165) is 0 Å². The smallest absolute Gasteiger partial charge is 0.410 e. The van der Waals surface area contributed by atoms with Crippen LogP contribution in [0.4, 0.5) is 4.79 Å². The lowest BCUT2D eigenvalue weighted by molar-refractivity contribution is -0.153. The van der Waals surface area contributed by atoms with Gasteiger partial charge in [-0.05, 0) is 33.6 Å². The Morgan fingerprint density at radius 3 is 2.47 bits per heavy atom. The number of carbonyl (C=O) groups is 2. The standard InChI is InChI=1S/C13H24N2O4/c1-5-13(10(16)17)8-15(7-6-9(13)14)11(18)19-12(2,3)4/h9H,5-8,14H2,1-4H3,(H,16,17)/t9-,13?/m0/s1. The van der Waals surface area contributed by atoms with E-state index in [1.165, 1.54) is 4.90 Å². The van der Waals surface area contributed by atoms with Crippen molar-refractivity contribution >= 4 is 12.1 Å². The Hall–Kier alpha value is -1.30. The van der Waals surface area contributed by atoms with Crippen LogP contribution in [-0.2, 0) is 9.53 Å². The van der Waals surface area contributed by atoms with E-state index in [2.05, 4.69) is 0 Å². The van der Waals surface area contributed by atoms with Crippen molar-refractivity contribution in [2.45, 2.75) is 52.2 Å². The van der Waals surface area contributed by atoms with Gasteiger partial charge in [-0.25, -0.2) is 4.79 Å². The van der Waals surface area contributed by atoms with Crippen LogP contribution >= 0.6 is 0 Å². The van der Waals surface area contributed by atoms with E-state index >= 15 is 0 Å². The zero-order valence-electron chi connectivity index (χ0n) is 12.1. The van der Waals surface area contributed by atoms with Crippen LogP contribution in [0.25, 0.3) is 0 Å². The van der Waals surface area contributed by atoms with E-state index < -0.39 is 29.1 Å². The van der Waals surface area contributed by atoms with Crippen LogP contribution in [0.2, 0.25) is 0 Å². The number of hydrogen-bond acceptors (Lipinski definition) is 4. The molecule has 0 aromatic heterocycles. The lowest BCUT2D eigenvalue weighted by Crippen LogP contribution is -2.60. The second-order valence-corrected chi connectivity index (χ2v) is 6.11. The first-order valence-corrected chi connectivity index (χ1v) is 6.59. The van der Waals surface area contributed by atoms with Crippen molar-refractivity contribution in [1.82, 2.24) is 4.90 Å². The normalized spacial score (nSPS) is 28.1. The minimum absolute atomic E-state index is 0.106. The van der Waals surface area contributed by atoms with Crippen molar-refractivity contribution in [2.24, 2.45) is 11.1 Å². The summed E-state index contributed by atoms with van der Waals surface area (Å²) in [5.74, 6) is -0.948. The predicted molar refractivity (Wildman–Crippen MR) is 70.8 cm³/mol. The Balaban J connectivity index is 2.85. The van der Waals surface area contributed by atoms with Crippen molar-refractivity contribution in [2.75, 3.05) is 13.1 Å². The van der Waals surface area contributed by atoms with Crippen LogP contribution in [-0.4, -0.2) is 46.8 Å². The van der Waals surface area contributed by atoms with Gasteiger partial charge in [-0.3, -0.25) is 4.79 Å². The van der Waals surface area contributed by atoms with Crippen LogP contribution in [0.3, 0.4) is 0 Å². The molecule has 0 aromatic rings. The van der Waals surface area contributed by atoms with Gasteiger partial charge in [-0.2, -0.15) is 0 Å². The summed E-state index contributed by atoms with van der Waals surface area (Å²) < 4.78 is 5.28. The highest BCUT2D eigenvalue weighted by molar-refractivity contribution is 5.78. The maximum absolute atomic E-state index is 12.0. The fourth-order valence-electron chi connectivity index (χ4n) is 2.34. The number of amides is 1. The number of nitrogens with two attached hydrogens (primary N) is 1. The molecule has 110 valence electrons. The quantitative estimate of drug-likeness (QED) is 0.793. The van der Waals surface area contributed by atoms with Gasteiger partial charge < -0.3 is 20.5 Å². The largest absolute Gasteiger partial charge is 0.481 e. The summed E-state index contributed by atoms with van der Waals surface area (Å²) in [6.45, 7) is 7.67. The van der Waals surface area contributed by atoms with Crippen LogP contribution in [0.5, 0.6) is 0 Å². The minimum atomic E-state index is -1.07. The van der Waals surface area contributed by atoms with Gasteiger partial charge in [0.15, 0.2) is 0 Å². The molecule has 1 aliphatic heterocycles. The molecule has 6 nitrogen and oxygen atoms in total. The van der Waals surface area contributed by atoms with Gasteiger partial charge in [-0.15, -0.1) is 0 Å². The molecule has 1 heterocycles. The average Bonchev–Trinajstić information content (AvgIpc) is 2.27. The van der Waals surface area contributed by atoms with E-state index in [0.29, 0.717) is 19.4 Å². The Labute approximate surface area is 113 Å². The number of carboxylic acids is 1. The van der Waals surface area contributed by atoms with E-state index in [-0.39, 0.29) is 6.54 Å². The first kappa shape index (κ1) is 15.8. The highest BCUT2D eigenvalue weighted by Gasteiger charge is 2.48. The zero-order valence-corrected chi connectivity index (χ0v) is 12.1. The molecule has 1 saturated heterocycles. The molecule has 0 spiro atoms. The number of ether oxygens (including phenoxy) is 1. The van der Waals surface area contributed by atoms with Gasteiger partial charge >= 0.3 is 12.1 Å². The van der Waals surface area contributed by atoms with Gasteiger partial charge in [0.1, 0.15) is 11.0 Å². The molecule has 0 aromatic carbocycles. The van der Waals surface area contributed by atoms with E-state index in [1.54, 1.807) is 27.7 Å². The van der Waals surface area contributed by atoms with Crippen molar-refractivity contribution in [1.29, 1.82) is 0 Å². The third-order valence-corrected chi connectivity index (χ3v) is 3.60. The van der Waals surface area contributed by atoms with Gasteiger partial charge in [0.05, 0.1) is 0 Å². The summed E-state index contributed by atoms with van der Waals surface area (Å²) in [6.07, 6.45) is 0.390. The molecular formula is C13H24N2O4. The van der Waals surface area contributed by atoms with Crippen LogP contribution in [0, 0.1) is 5.41 Å². The van der Waals surface area contributed by atoms with E-state index in [1.807, 2.05) is 0 Å². The summed E-state index contributed by atoms with van der Waals surface area (Å²) in [5.41, 5.74) is 4.29. The van der Waals surface area contributed by atoms with Crippen molar-refractivity contribution < 1.29 is 19.4 Å². The first-order valence-electron chi connectivity index (χ1n) is 6.59. The molecule has 0 radical (unpaired) electrons. The average molecular weight is 272 g/mol. The molecule has 6 heteroatoms. The number of carbonyl (C=O) groups excluding carboxylic acids is 1. The maximum atomic E-state index is 12.0. The SMILES string of the molecule is CCC1(C(=O)O)CN(C(=O)OC(C)(C)C)CC[C@@H]1N. The Kier molecular flexibility index (Phi) is 4.45. The van der Waals surface area contributed by atoms with Crippen molar-refractivity contribution in [3.05, 3.63) is 0 Å². The second kappa shape index (κ2) is 5.36. The summed E-state index contributed by atoms with van der Waals surface area (Å²) >= 11 is 0. The number of aliphatic carboxylic acids is 1. The monoisotopic (exact) mass is 272 g/mol. The Morgan fingerprint density at radius 1 is 1.47 bits per heavy atom. The minimum Gasteiger partial charge on any atom is -0.481 e. The molecule has 2 atom stereocenters. The fourth-order valence-corrected chi connectivity index (χ4v) is 2.34. The third kappa shape index (κ3) is 3.37. The third-order valence-electron chi connectivity index (χ3n) is 3.60. The highest BCUT2D eigenvalue weighted by Crippen LogP contribution is 2.33. The van der Waals surface area contributed by atoms with Crippen molar-refractivity contribution in [3.8, 4) is 0 Å². The summed E-state index contributed by atoms with van der Waals surface area (Å²) in [5, 5.41) is 9.43. The lowest BCUT2D eigenvalue weighted by atomic mass is 9.74. The zero-order chi connectivity index (χ0) is 14.8. The second-order valence-electron chi connectivity index (χ2n) is 6.11. The number of rotatable bonds is 2. The van der Waals surface area contributed by atoms with E-state index in [9.17, 15) is 14.7 Å². The topological polar surface area (TPSA) is 92.9 Å². The summed E-state index contributed by atoms with van der Waals surface area (Å²) in [7, 11) is 0. The van der Waals surface area contributed by atoms with Crippen LogP contribution in [0.1, 0.15) is 40.5 Å². The van der Waals surface area contributed by atoms with Gasteiger partial charge in [0.2, 0.25) is 0 Å². The molecule has 1 unspecified atom stereocenters. The molecule has 1 rings (SSSR count). The number of hydrogen-bond donors (Lipinski definition) is 2. The molecule has 0 bridgehead atoms. The number of carboxylic acid groups (broad SMARTS) is 1. The van der Waals surface area contributed by atoms with E-state index in [4.69, 9.17) is 10.5 Å².